The summed E-state index contributed by atoms with van der Waals surface area (Å²) in [5.74, 6) is 2.12. The van der Waals surface area contributed by atoms with Crippen LogP contribution in [0.5, 0.6) is 11.5 Å². The van der Waals surface area contributed by atoms with Crippen LogP contribution in [0.15, 0.2) is 18.2 Å². The fraction of sp³-hybridized carbons (Fsp3) is 0.500. The molecule has 27 heavy (non-hydrogen) atoms. The van der Waals surface area contributed by atoms with Crippen LogP contribution >= 0.6 is 11.3 Å². The number of carbonyl (C=O) groups is 1. The highest BCUT2D eigenvalue weighted by Gasteiger charge is 2.26. The van der Waals surface area contributed by atoms with Crippen LogP contribution in [0.3, 0.4) is 0 Å². The van der Waals surface area contributed by atoms with E-state index in [2.05, 4.69) is 29.8 Å². The van der Waals surface area contributed by atoms with Crippen molar-refractivity contribution < 1.29 is 14.3 Å². The van der Waals surface area contributed by atoms with Gasteiger partial charge in [-0.05, 0) is 24.6 Å². The molecule has 0 unspecified atom stereocenters. The van der Waals surface area contributed by atoms with Gasteiger partial charge in [-0.1, -0.05) is 19.9 Å². The van der Waals surface area contributed by atoms with Gasteiger partial charge in [-0.3, -0.25) is 9.69 Å². The van der Waals surface area contributed by atoms with Crippen molar-refractivity contribution in [2.24, 2.45) is 0 Å². The van der Waals surface area contributed by atoms with E-state index in [0.717, 1.165) is 59.8 Å². The zero-order valence-corrected chi connectivity index (χ0v) is 16.8. The molecule has 2 aromatic rings. The van der Waals surface area contributed by atoms with Gasteiger partial charge in [-0.2, -0.15) is 0 Å². The second kappa shape index (κ2) is 7.48. The lowest BCUT2D eigenvalue weighted by Crippen LogP contribution is -2.48. The van der Waals surface area contributed by atoms with E-state index >= 15 is 0 Å². The summed E-state index contributed by atoms with van der Waals surface area (Å²) in [6.07, 6.45) is 0. The summed E-state index contributed by atoms with van der Waals surface area (Å²) in [5.41, 5.74) is 2.07. The smallest absolute Gasteiger partial charge is 0.265 e. The third kappa shape index (κ3) is 3.80. The summed E-state index contributed by atoms with van der Waals surface area (Å²) in [4.78, 5) is 22.6. The summed E-state index contributed by atoms with van der Waals surface area (Å²) in [6, 6.07) is 6.10. The normalized spacial score (nSPS) is 17.0. The zero-order valence-electron chi connectivity index (χ0n) is 16.0. The van der Waals surface area contributed by atoms with Crippen LogP contribution in [0.25, 0.3) is 0 Å². The van der Waals surface area contributed by atoms with Crippen LogP contribution in [-0.2, 0) is 6.54 Å². The molecule has 0 radical (unpaired) electrons. The number of benzene rings is 1. The van der Waals surface area contributed by atoms with Gasteiger partial charge in [0, 0.05) is 38.6 Å². The maximum atomic E-state index is 12.9. The summed E-state index contributed by atoms with van der Waals surface area (Å²) in [6.45, 7) is 10.6. The van der Waals surface area contributed by atoms with Crippen LogP contribution in [0.4, 0.5) is 0 Å². The molecule has 1 fully saturated rings. The third-order valence-electron chi connectivity index (χ3n) is 5.00. The Morgan fingerprint density at radius 3 is 2.63 bits per heavy atom. The number of aryl methyl sites for hydroxylation is 1. The first-order valence-electron chi connectivity index (χ1n) is 9.38. The van der Waals surface area contributed by atoms with Gasteiger partial charge in [0.05, 0.1) is 10.7 Å². The Hall–Kier alpha value is -2.12. The van der Waals surface area contributed by atoms with Crippen LogP contribution in [0, 0.1) is 6.92 Å². The first-order valence-corrected chi connectivity index (χ1v) is 10.2. The summed E-state index contributed by atoms with van der Waals surface area (Å²) in [5, 5.41) is 1.04. The lowest BCUT2D eigenvalue weighted by molar-refractivity contribution is 0.0632. The molecule has 0 atom stereocenters. The number of aromatic nitrogens is 1. The third-order valence-corrected chi connectivity index (χ3v) is 6.45. The van der Waals surface area contributed by atoms with E-state index in [1.165, 1.54) is 5.56 Å². The fourth-order valence-corrected chi connectivity index (χ4v) is 4.45. The van der Waals surface area contributed by atoms with Crippen molar-refractivity contribution in [2.45, 2.75) is 33.2 Å². The van der Waals surface area contributed by atoms with E-state index in [1.807, 2.05) is 24.0 Å². The van der Waals surface area contributed by atoms with Gasteiger partial charge in [-0.15, -0.1) is 11.3 Å². The first-order chi connectivity index (χ1) is 13.0. The molecule has 0 aliphatic carbocycles. The second-order valence-corrected chi connectivity index (χ2v) is 8.41. The Kier molecular flexibility index (Phi) is 5.06. The van der Waals surface area contributed by atoms with Gasteiger partial charge in [0.15, 0.2) is 11.5 Å². The molecule has 1 aromatic heterocycles. The van der Waals surface area contributed by atoms with Crippen molar-refractivity contribution in [2.75, 3.05) is 33.0 Å². The van der Waals surface area contributed by atoms with E-state index in [1.54, 1.807) is 11.3 Å². The van der Waals surface area contributed by atoms with Crippen LogP contribution < -0.4 is 9.47 Å². The number of fused-ring (bicyclic) bond motifs is 1. The Morgan fingerprint density at radius 1 is 1.19 bits per heavy atom. The number of amides is 1. The minimum absolute atomic E-state index is 0.125. The molecule has 1 amide bonds. The average Bonchev–Trinajstić information content (AvgIpc) is 3.28. The van der Waals surface area contributed by atoms with Crippen LogP contribution in [0.1, 0.15) is 45.7 Å². The lowest BCUT2D eigenvalue weighted by Gasteiger charge is -2.34. The van der Waals surface area contributed by atoms with Crippen LogP contribution in [0.2, 0.25) is 0 Å². The highest BCUT2D eigenvalue weighted by molar-refractivity contribution is 7.13. The Labute approximate surface area is 163 Å². The number of hydrogen-bond donors (Lipinski definition) is 0. The molecular formula is C20H25N3O3S. The summed E-state index contributed by atoms with van der Waals surface area (Å²) < 4.78 is 10.8. The second-order valence-electron chi connectivity index (χ2n) is 7.38. The number of hydrogen-bond acceptors (Lipinski definition) is 6. The van der Waals surface area contributed by atoms with Gasteiger partial charge >= 0.3 is 0 Å². The average molecular weight is 388 g/mol. The minimum atomic E-state index is 0.125. The standard InChI is InChI=1S/C20H25N3O3S/c1-13(2)19-21-14(3)18(27-19)20(24)23-8-6-22(7-9-23)11-15-4-5-16-17(10-15)26-12-25-16/h4-5,10,13H,6-9,11-12H2,1-3H3. The van der Waals surface area contributed by atoms with E-state index in [4.69, 9.17) is 9.47 Å². The van der Waals surface area contributed by atoms with Gasteiger partial charge in [-0.25, -0.2) is 4.98 Å². The molecule has 0 saturated carbocycles. The Balaban J connectivity index is 1.35. The topological polar surface area (TPSA) is 54.9 Å². The number of nitrogens with zero attached hydrogens (tertiary/aromatic N) is 3. The van der Waals surface area contributed by atoms with Gasteiger partial charge in [0.1, 0.15) is 4.88 Å². The van der Waals surface area contributed by atoms with E-state index in [0.29, 0.717) is 12.7 Å². The highest BCUT2D eigenvalue weighted by Crippen LogP contribution is 2.33. The molecule has 0 spiro atoms. The first kappa shape index (κ1) is 18.3. The Bertz CT molecular complexity index is 841. The van der Waals surface area contributed by atoms with Crippen molar-refractivity contribution in [3.8, 4) is 11.5 Å². The quantitative estimate of drug-likeness (QED) is 0.806. The molecule has 7 heteroatoms. The maximum Gasteiger partial charge on any atom is 0.265 e. The van der Waals surface area contributed by atoms with Crippen molar-refractivity contribution >= 4 is 17.2 Å². The summed E-state index contributed by atoms with van der Waals surface area (Å²) >= 11 is 1.54. The predicted octanol–water partition coefficient (Wildman–Crippen LogP) is 3.26. The monoisotopic (exact) mass is 387 g/mol. The number of ether oxygens (including phenoxy) is 2. The largest absolute Gasteiger partial charge is 0.454 e. The van der Waals surface area contributed by atoms with Crippen LogP contribution in [-0.4, -0.2) is 53.7 Å². The number of rotatable bonds is 4. The van der Waals surface area contributed by atoms with Gasteiger partial charge in [0.25, 0.3) is 5.91 Å². The number of carbonyl (C=O) groups excluding carboxylic acids is 1. The fourth-order valence-electron chi connectivity index (χ4n) is 3.41. The molecule has 2 aliphatic rings. The van der Waals surface area contributed by atoms with Crippen molar-refractivity contribution in [3.05, 3.63) is 39.3 Å². The number of thiazole rings is 1. The number of piperazine rings is 1. The van der Waals surface area contributed by atoms with E-state index < -0.39 is 0 Å². The SMILES string of the molecule is Cc1nc(C(C)C)sc1C(=O)N1CCN(Cc2ccc3c(c2)OCO3)CC1. The summed E-state index contributed by atoms with van der Waals surface area (Å²) in [7, 11) is 0. The molecule has 2 aliphatic heterocycles. The molecule has 0 N–H and O–H groups in total. The molecular weight excluding hydrogens is 362 g/mol. The Morgan fingerprint density at radius 2 is 1.93 bits per heavy atom. The molecule has 6 nitrogen and oxygen atoms in total. The molecule has 3 heterocycles. The van der Waals surface area contributed by atoms with E-state index in [-0.39, 0.29) is 5.91 Å². The van der Waals surface area contributed by atoms with E-state index in [9.17, 15) is 4.79 Å². The van der Waals surface area contributed by atoms with Crippen molar-refractivity contribution in [1.29, 1.82) is 0 Å². The molecule has 144 valence electrons. The molecule has 1 aromatic carbocycles. The molecule has 4 rings (SSSR count). The van der Waals surface area contributed by atoms with Crippen molar-refractivity contribution in [1.82, 2.24) is 14.8 Å². The lowest BCUT2D eigenvalue weighted by atomic mass is 10.1. The van der Waals surface area contributed by atoms with Crippen molar-refractivity contribution in [3.63, 3.8) is 0 Å². The molecule has 0 bridgehead atoms. The minimum Gasteiger partial charge on any atom is -0.454 e. The van der Waals surface area contributed by atoms with Gasteiger partial charge < -0.3 is 14.4 Å². The highest BCUT2D eigenvalue weighted by atomic mass is 32.1. The maximum absolute atomic E-state index is 12.9. The zero-order chi connectivity index (χ0) is 19.0. The van der Waals surface area contributed by atoms with Gasteiger partial charge in [0.2, 0.25) is 6.79 Å². The predicted molar refractivity (Wildman–Crippen MR) is 105 cm³/mol. The molecule has 1 saturated heterocycles.